The van der Waals surface area contributed by atoms with Gasteiger partial charge in [-0.3, -0.25) is 4.90 Å². The molecule has 0 spiro atoms. The Hall–Kier alpha value is -2.42. The summed E-state index contributed by atoms with van der Waals surface area (Å²) in [5.74, 6) is 0. The molecule has 3 rings (SSSR count). The number of rotatable bonds is 5. The summed E-state index contributed by atoms with van der Waals surface area (Å²) < 4.78 is 120. The van der Waals surface area contributed by atoms with Crippen LogP contribution in [-0.2, 0) is 17.5 Å². The molecule has 1 aromatic carbocycles. The van der Waals surface area contributed by atoms with Crippen molar-refractivity contribution in [1.82, 2.24) is 9.80 Å². The number of anilines is 1. The van der Waals surface area contributed by atoms with Crippen molar-refractivity contribution in [1.29, 1.82) is 0 Å². The second kappa shape index (κ2) is 10.5. The van der Waals surface area contributed by atoms with Crippen molar-refractivity contribution in [2.75, 3.05) is 44.2 Å². The number of benzene rings is 1. The molecule has 1 unspecified atom stereocenters. The molecule has 0 aliphatic carbocycles. The first-order chi connectivity index (χ1) is 16.6. The molecule has 2 fully saturated rings. The molecule has 0 bridgehead atoms. The first-order valence-electron chi connectivity index (χ1n) is 11.0. The molecule has 36 heavy (non-hydrogen) atoms. The smallest absolute Gasteiger partial charge is 0.426 e. The zero-order valence-corrected chi connectivity index (χ0v) is 18.8. The highest BCUT2D eigenvalue weighted by atomic mass is 19.4. The Balaban J connectivity index is 1.69. The van der Waals surface area contributed by atoms with Crippen LogP contribution in [0.5, 0.6) is 0 Å². The first kappa shape index (κ1) is 28.2. The van der Waals surface area contributed by atoms with Gasteiger partial charge in [0.05, 0.1) is 18.2 Å². The van der Waals surface area contributed by atoms with Gasteiger partial charge in [0, 0.05) is 45.0 Å². The molecule has 2 aliphatic rings. The summed E-state index contributed by atoms with van der Waals surface area (Å²) in [5, 5.41) is 9.62. The molecule has 2 aliphatic heterocycles. The number of aliphatic hydroxyl groups excluding tert-OH is 1. The SMILES string of the molecule is O=C(OC(C(F)(F)F)C(F)(F)F)N1CCN(Cc2ccc(C(F)(F)F)cc2N2CCCC2CO)CC1. The minimum absolute atomic E-state index is 0.0433. The summed E-state index contributed by atoms with van der Waals surface area (Å²) in [7, 11) is 0. The van der Waals surface area contributed by atoms with Crippen molar-refractivity contribution < 1.29 is 54.2 Å². The van der Waals surface area contributed by atoms with Crippen LogP contribution >= 0.6 is 0 Å². The van der Waals surface area contributed by atoms with Gasteiger partial charge in [-0.05, 0) is 30.5 Å². The average Bonchev–Trinajstić information content (AvgIpc) is 3.24. The highest BCUT2D eigenvalue weighted by molar-refractivity contribution is 5.68. The Kier molecular flexibility index (Phi) is 8.23. The molecule has 1 amide bonds. The van der Waals surface area contributed by atoms with Crippen molar-refractivity contribution in [2.24, 2.45) is 0 Å². The lowest BCUT2D eigenvalue weighted by molar-refractivity contribution is -0.308. The summed E-state index contributed by atoms with van der Waals surface area (Å²) in [6, 6.07) is 2.88. The third-order valence-electron chi connectivity index (χ3n) is 6.15. The third kappa shape index (κ3) is 6.66. The maximum atomic E-state index is 13.3. The lowest BCUT2D eigenvalue weighted by Gasteiger charge is -2.36. The first-order valence-corrected chi connectivity index (χ1v) is 11.0. The van der Waals surface area contributed by atoms with Crippen molar-refractivity contribution in [3.05, 3.63) is 29.3 Å². The molecule has 6 nitrogen and oxygen atoms in total. The number of amides is 1. The van der Waals surface area contributed by atoms with Gasteiger partial charge in [0.1, 0.15) is 0 Å². The van der Waals surface area contributed by atoms with Gasteiger partial charge in [0.25, 0.3) is 6.10 Å². The maximum absolute atomic E-state index is 13.3. The molecular formula is C21H24F9N3O3. The predicted octanol–water partition coefficient (Wildman–Crippen LogP) is 4.41. The Morgan fingerprint density at radius 3 is 2.11 bits per heavy atom. The number of halogens is 9. The van der Waals surface area contributed by atoms with Crippen LogP contribution < -0.4 is 4.90 Å². The summed E-state index contributed by atoms with van der Waals surface area (Å²) in [6.07, 6.45) is -21.0. The number of hydrogen-bond acceptors (Lipinski definition) is 5. The van der Waals surface area contributed by atoms with Crippen LogP contribution in [0.4, 0.5) is 50.0 Å². The highest BCUT2D eigenvalue weighted by Gasteiger charge is 2.60. The van der Waals surface area contributed by atoms with Crippen molar-refractivity contribution in [3.8, 4) is 0 Å². The van der Waals surface area contributed by atoms with Gasteiger partial charge in [0.15, 0.2) is 0 Å². The number of alkyl halides is 9. The van der Waals surface area contributed by atoms with E-state index in [2.05, 4.69) is 4.74 Å². The van der Waals surface area contributed by atoms with E-state index in [4.69, 9.17) is 0 Å². The maximum Gasteiger partial charge on any atom is 0.434 e. The van der Waals surface area contributed by atoms with Crippen LogP contribution in [0.2, 0.25) is 0 Å². The monoisotopic (exact) mass is 537 g/mol. The van der Waals surface area contributed by atoms with Crippen LogP contribution in [0.1, 0.15) is 24.0 Å². The van der Waals surface area contributed by atoms with Gasteiger partial charge >= 0.3 is 24.6 Å². The number of carbonyl (C=O) groups excluding carboxylic acids is 1. The molecule has 15 heteroatoms. The number of aliphatic hydroxyl groups is 1. The summed E-state index contributed by atoms with van der Waals surface area (Å²) in [5.41, 5.74) is -0.0590. The minimum Gasteiger partial charge on any atom is -0.426 e. The van der Waals surface area contributed by atoms with Gasteiger partial charge in [-0.1, -0.05) is 6.07 Å². The standard InChI is InChI=1S/C21H24F9N3O3/c22-19(23,24)14-4-3-13(16(10-14)33-5-1-2-15(33)12-34)11-31-6-8-32(9-7-31)18(35)36-17(20(25,26)27)21(28,29)30/h3-4,10,15,17,34H,1-2,5-9,11-12H2. The van der Waals surface area contributed by atoms with Crippen molar-refractivity contribution in [2.45, 2.75) is 50.1 Å². The quantitative estimate of drug-likeness (QED) is 0.564. The fraction of sp³-hybridized carbons (Fsp3) is 0.667. The lowest BCUT2D eigenvalue weighted by atomic mass is 10.1. The van der Waals surface area contributed by atoms with Gasteiger partial charge in [0.2, 0.25) is 0 Å². The highest BCUT2D eigenvalue weighted by Crippen LogP contribution is 2.38. The molecule has 0 saturated carbocycles. The van der Waals surface area contributed by atoms with Gasteiger partial charge in [-0.25, -0.2) is 4.79 Å². The number of nitrogens with zero attached hydrogens (tertiary/aromatic N) is 3. The third-order valence-corrected chi connectivity index (χ3v) is 6.15. The van der Waals surface area contributed by atoms with Crippen LogP contribution in [0, 0.1) is 0 Å². The van der Waals surface area contributed by atoms with Gasteiger partial charge in [-0.2, -0.15) is 39.5 Å². The van der Waals surface area contributed by atoms with E-state index in [-0.39, 0.29) is 45.4 Å². The van der Waals surface area contributed by atoms with E-state index < -0.39 is 36.3 Å². The fourth-order valence-corrected chi connectivity index (χ4v) is 4.31. The molecule has 0 radical (unpaired) electrons. The van der Waals surface area contributed by atoms with E-state index in [9.17, 15) is 49.4 Å². The number of carbonyl (C=O) groups is 1. The van der Waals surface area contributed by atoms with E-state index >= 15 is 0 Å². The average molecular weight is 537 g/mol. The summed E-state index contributed by atoms with van der Waals surface area (Å²) in [4.78, 5) is 16.1. The molecule has 1 aromatic rings. The number of hydrogen-bond donors (Lipinski definition) is 1. The normalized spacial score (nSPS) is 20.4. The van der Waals surface area contributed by atoms with E-state index in [0.717, 1.165) is 17.0 Å². The number of piperazine rings is 1. The molecular weight excluding hydrogens is 513 g/mol. The molecule has 2 heterocycles. The molecule has 204 valence electrons. The van der Waals surface area contributed by atoms with E-state index in [1.54, 1.807) is 9.80 Å². The Morgan fingerprint density at radius 1 is 0.972 bits per heavy atom. The molecule has 0 aromatic heterocycles. The van der Waals surface area contributed by atoms with E-state index in [0.29, 0.717) is 30.6 Å². The molecule has 1 atom stereocenters. The number of ether oxygens (including phenoxy) is 1. The lowest BCUT2D eigenvalue weighted by Crippen LogP contribution is -2.52. The summed E-state index contributed by atoms with van der Waals surface area (Å²) >= 11 is 0. The Bertz CT molecular complexity index is 899. The Morgan fingerprint density at radius 2 is 1.58 bits per heavy atom. The summed E-state index contributed by atoms with van der Waals surface area (Å²) in [6.45, 7) is -0.0609. The molecule has 2 saturated heterocycles. The second-order valence-corrected chi connectivity index (χ2v) is 8.62. The molecule has 1 N–H and O–H groups in total. The van der Waals surface area contributed by atoms with Crippen LogP contribution in [0.3, 0.4) is 0 Å². The van der Waals surface area contributed by atoms with Crippen molar-refractivity contribution in [3.63, 3.8) is 0 Å². The van der Waals surface area contributed by atoms with Gasteiger partial charge < -0.3 is 19.6 Å². The van der Waals surface area contributed by atoms with E-state index in [1.165, 1.54) is 6.07 Å². The predicted molar refractivity (Wildman–Crippen MR) is 108 cm³/mol. The van der Waals surface area contributed by atoms with Crippen molar-refractivity contribution >= 4 is 11.8 Å². The van der Waals surface area contributed by atoms with Crippen LogP contribution in [-0.4, -0.2) is 84.8 Å². The zero-order chi connectivity index (χ0) is 26.9. The Labute approximate surface area is 200 Å². The van der Waals surface area contributed by atoms with E-state index in [1.807, 2.05) is 0 Å². The topological polar surface area (TPSA) is 56.2 Å². The van der Waals surface area contributed by atoms with Crippen LogP contribution in [0.25, 0.3) is 0 Å². The van der Waals surface area contributed by atoms with Crippen LogP contribution in [0.15, 0.2) is 18.2 Å². The minimum atomic E-state index is -5.82. The van der Waals surface area contributed by atoms with Gasteiger partial charge in [-0.15, -0.1) is 0 Å². The largest absolute Gasteiger partial charge is 0.434 e. The fourth-order valence-electron chi connectivity index (χ4n) is 4.31. The second-order valence-electron chi connectivity index (χ2n) is 8.62. The zero-order valence-electron chi connectivity index (χ0n) is 18.8.